The van der Waals surface area contributed by atoms with E-state index >= 15 is 0 Å². The normalized spacial score (nSPS) is 14.5. The summed E-state index contributed by atoms with van der Waals surface area (Å²) in [5.41, 5.74) is 2.01. The Kier molecular flexibility index (Phi) is 6.25. The number of carbonyl (C=O) groups is 1. The topological polar surface area (TPSA) is 87.4 Å². The number of nitrogens with zero attached hydrogens (tertiary/aromatic N) is 3. The molecule has 164 valence electrons. The van der Waals surface area contributed by atoms with Crippen LogP contribution in [0, 0.1) is 0 Å². The fraction of sp³-hybridized carbons (Fsp3) is 0.435. The van der Waals surface area contributed by atoms with E-state index in [1.807, 2.05) is 18.2 Å². The Morgan fingerprint density at radius 2 is 1.97 bits per heavy atom. The lowest BCUT2D eigenvalue weighted by atomic mass is 9.95. The number of ether oxygens (including phenoxy) is 2. The summed E-state index contributed by atoms with van der Waals surface area (Å²) in [6, 6.07) is 9.23. The van der Waals surface area contributed by atoms with E-state index in [9.17, 15) is 9.59 Å². The molecule has 1 saturated carbocycles. The molecule has 0 radical (unpaired) electrons. The van der Waals surface area contributed by atoms with Crippen molar-refractivity contribution in [1.29, 1.82) is 0 Å². The van der Waals surface area contributed by atoms with Gasteiger partial charge in [0.1, 0.15) is 18.0 Å². The van der Waals surface area contributed by atoms with Crippen molar-refractivity contribution in [2.75, 3.05) is 14.2 Å². The number of benzene rings is 1. The number of carbonyl (C=O) groups excluding carboxylic acids is 1. The molecule has 1 aromatic carbocycles. The van der Waals surface area contributed by atoms with E-state index in [2.05, 4.69) is 10.3 Å². The molecule has 1 fully saturated rings. The van der Waals surface area contributed by atoms with Crippen molar-refractivity contribution in [1.82, 2.24) is 19.4 Å². The van der Waals surface area contributed by atoms with Crippen molar-refractivity contribution in [2.24, 2.45) is 0 Å². The summed E-state index contributed by atoms with van der Waals surface area (Å²) in [4.78, 5) is 30.4. The lowest BCUT2D eigenvalue weighted by molar-refractivity contribution is -0.121. The number of imidazole rings is 1. The Hall–Kier alpha value is -3.29. The maximum Gasteiger partial charge on any atom is 0.331 e. The van der Waals surface area contributed by atoms with Gasteiger partial charge in [-0.05, 0) is 37.1 Å². The third-order valence-electron chi connectivity index (χ3n) is 5.93. The smallest absolute Gasteiger partial charge is 0.331 e. The molecule has 2 heterocycles. The molecule has 0 spiro atoms. The van der Waals surface area contributed by atoms with Gasteiger partial charge in [0.15, 0.2) is 5.65 Å². The van der Waals surface area contributed by atoms with Crippen molar-refractivity contribution >= 4 is 17.1 Å². The standard InChI is InChI=1S/C23H28N4O4/c1-30-18-11-10-16(20(13-18)31-2)14-25-21(28)15-26-19-9-6-12-24-22(19)27(23(26)29)17-7-4-3-5-8-17/h6,9-13,17H,3-5,7-8,14-15H2,1-2H3,(H,25,28). The molecule has 0 saturated heterocycles. The highest BCUT2D eigenvalue weighted by atomic mass is 16.5. The minimum Gasteiger partial charge on any atom is -0.497 e. The summed E-state index contributed by atoms with van der Waals surface area (Å²) in [5.74, 6) is 1.07. The van der Waals surface area contributed by atoms with Gasteiger partial charge in [-0.15, -0.1) is 0 Å². The highest BCUT2D eigenvalue weighted by molar-refractivity contribution is 5.79. The van der Waals surface area contributed by atoms with Gasteiger partial charge >= 0.3 is 5.69 Å². The first-order valence-electron chi connectivity index (χ1n) is 10.7. The van der Waals surface area contributed by atoms with E-state index in [0.29, 0.717) is 29.2 Å². The molecule has 0 aliphatic heterocycles. The number of amides is 1. The van der Waals surface area contributed by atoms with Crippen LogP contribution < -0.4 is 20.5 Å². The Labute approximate surface area is 180 Å². The molecule has 1 aliphatic carbocycles. The van der Waals surface area contributed by atoms with Crippen molar-refractivity contribution in [3.8, 4) is 11.5 Å². The summed E-state index contributed by atoms with van der Waals surface area (Å²) in [7, 11) is 3.17. The van der Waals surface area contributed by atoms with Crippen LogP contribution in [0.15, 0.2) is 41.3 Å². The first kappa shape index (κ1) is 21.0. The monoisotopic (exact) mass is 424 g/mol. The van der Waals surface area contributed by atoms with Gasteiger partial charge in [-0.1, -0.05) is 19.3 Å². The van der Waals surface area contributed by atoms with Crippen LogP contribution in [-0.4, -0.2) is 34.2 Å². The van der Waals surface area contributed by atoms with Crippen molar-refractivity contribution in [3.05, 3.63) is 52.6 Å². The average Bonchev–Trinajstić information content (AvgIpc) is 3.09. The fourth-order valence-corrected chi connectivity index (χ4v) is 4.32. The van der Waals surface area contributed by atoms with E-state index < -0.39 is 0 Å². The second-order valence-corrected chi connectivity index (χ2v) is 7.83. The van der Waals surface area contributed by atoms with Gasteiger partial charge in [0.05, 0.1) is 19.7 Å². The molecule has 3 aromatic rings. The van der Waals surface area contributed by atoms with Gasteiger partial charge in [0, 0.05) is 30.4 Å². The number of fused-ring (bicyclic) bond motifs is 1. The first-order chi connectivity index (χ1) is 15.1. The molecule has 8 heteroatoms. The molecule has 1 amide bonds. The Balaban J connectivity index is 1.54. The molecule has 1 N–H and O–H groups in total. The van der Waals surface area contributed by atoms with Gasteiger partial charge in [-0.3, -0.25) is 13.9 Å². The molecule has 31 heavy (non-hydrogen) atoms. The predicted molar refractivity (Wildman–Crippen MR) is 118 cm³/mol. The van der Waals surface area contributed by atoms with Gasteiger partial charge in [0.25, 0.3) is 0 Å². The zero-order valence-corrected chi connectivity index (χ0v) is 18.0. The third-order valence-corrected chi connectivity index (χ3v) is 5.93. The van der Waals surface area contributed by atoms with E-state index in [0.717, 1.165) is 31.2 Å². The van der Waals surface area contributed by atoms with Gasteiger partial charge < -0.3 is 14.8 Å². The fourth-order valence-electron chi connectivity index (χ4n) is 4.32. The van der Waals surface area contributed by atoms with Crippen molar-refractivity contribution < 1.29 is 14.3 Å². The quantitative estimate of drug-likeness (QED) is 0.630. The van der Waals surface area contributed by atoms with E-state index in [4.69, 9.17) is 9.47 Å². The molecule has 1 aliphatic rings. The molecule has 8 nitrogen and oxygen atoms in total. The van der Waals surface area contributed by atoms with Crippen LogP contribution in [0.25, 0.3) is 11.2 Å². The second kappa shape index (κ2) is 9.24. The maximum absolute atomic E-state index is 13.2. The summed E-state index contributed by atoms with van der Waals surface area (Å²) < 4.78 is 13.9. The number of nitrogens with one attached hydrogen (secondary N) is 1. The summed E-state index contributed by atoms with van der Waals surface area (Å²) in [6.07, 6.45) is 7.07. The van der Waals surface area contributed by atoms with Crippen LogP contribution in [-0.2, 0) is 17.9 Å². The molecular formula is C23H28N4O4. The number of methoxy groups -OCH3 is 2. The number of pyridine rings is 1. The predicted octanol–water partition coefficient (Wildman–Crippen LogP) is 3.04. The SMILES string of the molecule is COc1ccc(CNC(=O)Cn2c(=O)n(C3CCCCC3)c3ncccc32)c(OC)c1. The number of aromatic nitrogens is 3. The van der Waals surface area contributed by atoms with Gasteiger partial charge in [-0.2, -0.15) is 0 Å². The van der Waals surface area contributed by atoms with E-state index in [-0.39, 0.29) is 24.2 Å². The minimum atomic E-state index is -0.244. The molecular weight excluding hydrogens is 396 g/mol. The Morgan fingerprint density at radius 3 is 2.71 bits per heavy atom. The minimum absolute atomic E-state index is 0.0563. The van der Waals surface area contributed by atoms with E-state index in [1.165, 1.54) is 11.0 Å². The Morgan fingerprint density at radius 1 is 1.16 bits per heavy atom. The summed E-state index contributed by atoms with van der Waals surface area (Å²) in [6.45, 7) is 0.236. The highest BCUT2D eigenvalue weighted by Crippen LogP contribution is 2.29. The van der Waals surface area contributed by atoms with Crippen LogP contribution in [0.5, 0.6) is 11.5 Å². The largest absolute Gasteiger partial charge is 0.497 e. The van der Waals surface area contributed by atoms with Crippen molar-refractivity contribution in [3.63, 3.8) is 0 Å². The molecule has 4 rings (SSSR count). The third kappa shape index (κ3) is 4.28. The molecule has 0 unspecified atom stereocenters. The van der Waals surface area contributed by atoms with Crippen molar-refractivity contribution in [2.45, 2.75) is 51.2 Å². The van der Waals surface area contributed by atoms with Gasteiger partial charge in [0.2, 0.25) is 5.91 Å². The highest BCUT2D eigenvalue weighted by Gasteiger charge is 2.24. The molecule has 0 atom stereocenters. The first-order valence-corrected chi connectivity index (χ1v) is 10.7. The average molecular weight is 425 g/mol. The lowest BCUT2D eigenvalue weighted by Crippen LogP contribution is -2.34. The number of hydrogen-bond donors (Lipinski definition) is 1. The van der Waals surface area contributed by atoms with Crippen LogP contribution in [0.2, 0.25) is 0 Å². The summed E-state index contributed by atoms with van der Waals surface area (Å²) >= 11 is 0. The lowest BCUT2D eigenvalue weighted by Gasteiger charge is -2.22. The molecule has 2 aromatic heterocycles. The van der Waals surface area contributed by atoms with Crippen LogP contribution >= 0.6 is 0 Å². The number of hydrogen-bond acceptors (Lipinski definition) is 5. The van der Waals surface area contributed by atoms with E-state index in [1.54, 1.807) is 37.1 Å². The molecule has 0 bridgehead atoms. The van der Waals surface area contributed by atoms with Gasteiger partial charge in [-0.25, -0.2) is 9.78 Å². The maximum atomic E-state index is 13.2. The summed E-state index contributed by atoms with van der Waals surface area (Å²) in [5, 5.41) is 2.89. The Bertz CT molecular complexity index is 1130. The van der Waals surface area contributed by atoms with Crippen LogP contribution in [0.1, 0.15) is 43.7 Å². The van der Waals surface area contributed by atoms with Crippen LogP contribution in [0.3, 0.4) is 0 Å². The number of rotatable bonds is 7. The second-order valence-electron chi connectivity index (χ2n) is 7.83. The zero-order valence-electron chi connectivity index (χ0n) is 18.0. The zero-order chi connectivity index (χ0) is 21.8. The van der Waals surface area contributed by atoms with Crippen LogP contribution in [0.4, 0.5) is 0 Å².